The van der Waals surface area contributed by atoms with Crippen LogP contribution in [-0.4, -0.2) is 53.5 Å². The van der Waals surface area contributed by atoms with Crippen molar-refractivity contribution in [3.8, 4) is 0 Å². The van der Waals surface area contributed by atoms with Crippen LogP contribution in [0.5, 0.6) is 0 Å². The van der Waals surface area contributed by atoms with Crippen LogP contribution in [-0.2, 0) is 15.8 Å². The Morgan fingerprint density at radius 3 is 2.52 bits per heavy atom. The first-order valence-electron chi connectivity index (χ1n) is 8.11. The second-order valence-corrected chi connectivity index (χ2v) is 9.03. The molecular weight excluding hydrogens is 358 g/mol. The van der Waals surface area contributed by atoms with Gasteiger partial charge in [-0.3, -0.25) is 0 Å². The van der Waals surface area contributed by atoms with Crippen LogP contribution in [0, 0.1) is 6.92 Å². The lowest BCUT2D eigenvalue weighted by Gasteiger charge is -2.33. The molecule has 0 unspecified atom stereocenters. The summed E-state index contributed by atoms with van der Waals surface area (Å²) in [5, 5.41) is 5.43. The average Bonchev–Trinajstić information content (AvgIpc) is 3.13. The van der Waals surface area contributed by atoms with E-state index < -0.39 is 10.0 Å². The van der Waals surface area contributed by atoms with Gasteiger partial charge in [0.05, 0.1) is 17.6 Å². The van der Waals surface area contributed by atoms with Crippen LogP contribution in [0.1, 0.15) is 11.3 Å². The van der Waals surface area contributed by atoms with Crippen molar-refractivity contribution in [1.29, 1.82) is 0 Å². The molecule has 0 bridgehead atoms. The third kappa shape index (κ3) is 3.39. The van der Waals surface area contributed by atoms with Gasteiger partial charge in [0.25, 0.3) is 0 Å². The molecule has 3 heterocycles. The minimum Gasteiger partial charge on any atom is -0.344 e. The molecule has 9 heteroatoms. The molecule has 0 saturated carbocycles. The number of hydrogen-bond acceptors (Lipinski definition) is 6. The predicted molar refractivity (Wildman–Crippen MR) is 98.5 cm³/mol. The lowest BCUT2D eigenvalue weighted by atomic mass is 10.2. The summed E-state index contributed by atoms with van der Waals surface area (Å²) in [5.74, 6) is 0.0538. The Bertz CT molecular complexity index is 941. The number of hydrogen-bond donors (Lipinski definition) is 0. The zero-order chi connectivity index (χ0) is 17.4. The fourth-order valence-corrected chi connectivity index (χ4v) is 5.46. The summed E-state index contributed by atoms with van der Waals surface area (Å²) >= 11 is 1.53. The Labute approximate surface area is 150 Å². The highest BCUT2D eigenvalue weighted by Gasteiger charge is 2.28. The Morgan fingerprint density at radius 2 is 1.84 bits per heavy atom. The number of nitrogens with zero attached hydrogens (tertiary/aromatic N) is 5. The smallest absolute Gasteiger partial charge is 0.218 e. The Hall–Kier alpha value is -1.97. The van der Waals surface area contributed by atoms with Gasteiger partial charge in [0, 0.05) is 26.2 Å². The van der Waals surface area contributed by atoms with Crippen LogP contribution in [0.25, 0.3) is 4.96 Å². The van der Waals surface area contributed by atoms with Crippen molar-refractivity contribution in [2.24, 2.45) is 0 Å². The Balaban J connectivity index is 1.42. The van der Waals surface area contributed by atoms with Crippen molar-refractivity contribution in [2.45, 2.75) is 12.7 Å². The van der Waals surface area contributed by atoms with E-state index in [1.54, 1.807) is 8.82 Å². The van der Waals surface area contributed by atoms with Crippen molar-refractivity contribution in [3.63, 3.8) is 0 Å². The number of aromatic nitrogens is 3. The molecule has 1 aliphatic heterocycles. The van der Waals surface area contributed by atoms with E-state index in [1.165, 1.54) is 11.3 Å². The van der Waals surface area contributed by atoms with Crippen molar-refractivity contribution < 1.29 is 8.42 Å². The first-order chi connectivity index (χ1) is 12.0. The van der Waals surface area contributed by atoms with Gasteiger partial charge in [-0.1, -0.05) is 41.7 Å². The van der Waals surface area contributed by atoms with Crippen molar-refractivity contribution in [3.05, 3.63) is 47.8 Å². The van der Waals surface area contributed by atoms with Gasteiger partial charge >= 0.3 is 0 Å². The van der Waals surface area contributed by atoms with Crippen molar-refractivity contribution in [1.82, 2.24) is 18.9 Å². The number of aryl methyl sites for hydroxylation is 1. The lowest BCUT2D eigenvalue weighted by Crippen LogP contribution is -2.49. The number of benzene rings is 1. The fraction of sp³-hybridized carbons (Fsp3) is 0.375. The van der Waals surface area contributed by atoms with Crippen LogP contribution >= 0.6 is 11.3 Å². The van der Waals surface area contributed by atoms with Gasteiger partial charge in [0.15, 0.2) is 0 Å². The minimum absolute atomic E-state index is 0.0538. The number of imidazole rings is 1. The van der Waals surface area contributed by atoms with Gasteiger partial charge in [-0.05, 0) is 12.5 Å². The molecule has 132 valence electrons. The van der Waals surface area contributed by atoms with Gasteiger partial charge < -0.3 is 4.90 Å². The van der Waals surface area contributed by atoms with E-state index in [1.807, 2.05) is 43.5 Å². The van der Waals surface area contributed by atoms with Gasteiger partial charge in [0.2, 0.25) is 20.1 Å². The number of anilines is 1. The highest BCUT2D eigenvalue weighted by Crippen LogP contribution is 2.25. The topological polar surface area (TPSA) is 70.8 Å². The summed E-state index contributed by atoms with van der Waals surface area (Å²) < 4.78 is 28.6. The Morgan fingerprint density at radius 1 is 1.12 bits per heavy atom. The molecule has 25 heavy (non-hydrogen) atoms. The average molecular weight is 377 g/mol. The summed E-state index contributed by atoms with van der Waals surface area (Å²) in [6.07, 6.45) is 1.90. The summed E-state index contributed by atoms with van der Waals surface area (Å²) in [6.45, 7) is 4.19. The van der Waals surface area contributed by atoms with Gasteiger partial charge in [0.1, 0.15) is 0 Å². The Kier molecular flexibility index (Phi) is 4.22. The van der Waals surface area contributed by atoms with E-state index in [2.05, 4.69) is 15.0 Å². The molecule has 2 aromatic heterocycles. The molecule has 0 aliphatic carbocycles. The summed E-state index contributed by atoms with van der Waals surface area (Å²) in [7, 11) is -3.29. The van der Waals surface area contributed by atoms with E-state index >= 15 is 0 Å². The molecule has 0 atom stereocenters. The first-order valence-corrected chi connectivity index (χ1v) is 10.5. The van der Waals surface area contributed by atoms with Crippen molar-refractivity contribution in [2.75, 3.05) is 31.1 Å². The van der Waals surface area contributed by atoms with Gasteiger partial charge in [-0.2, -0.15) is 4.31 Å². The molecule has 3 aromatic rings. The normalized spacial score (nSPS) is 16.6. The number of fused-ring (bicyclic) bond motifs is 1. The maximum atomic E-state index is 12.6. The monoisotopic (exact) mass is 377 g/mol. The number of sulfonamides is 1. The molecule has 4 rings (SSSR count). The molecule has 1 aromatic carbocycles. The molecule has 0 spiro atoms. The van der Waals surface area contributed by atoms with Crippen LogP contribution in [0.4, 0.5) is 5.13 Å². The van der Waals surface area contributed by atoms with Crippen molar-refractivity contribution >= 4 is 31.5 Å². The fourth-order valence-electron chi connectivity index (χ4n) is 2.96. The zero-order valence-corrected chi connectivity index (χ0v) is 15.5. The van der Waals surface area contributed by atoms with E-state index in [9.17, 15) is 8.42 Å². The standard InChI is InChI=1S/C16H19N5O2S2/c1-13-11-21-15(17-13)24-16(18-21)19-7-9-20(10-8-19)25(22,23)12-14-5-3-2-4-6-14/h2-6,11H,7-10,12H2,1H3. The molecule has 1 aliphatic rings. The maximum absolute atomic E-state index is 12.6. The van der Waals surface area contributed by atoms with Crippen LogP contribution in [0.3, 0.4) is 0 Å². The first kappa shape index (κ1) is 16.5. The number of rotatable bonds is 4. The molecule has 1 fully saturated rings. The van der Waals surface area contributed by atoms with E-state index in [-0.39, 0.29) is 5.75 Å². The molecule has 0 amide bonds. The highest BCUT2D eigenvalue weighted by atomic mass is 32.2. The quantitative estimate of drug-likeness (QED) is 0.693. The maximum Gasteiger partial charge on any atom is 0.218 e. The SMILES string of the molecule is Cc1cn2nc(N3CCN(S(=O)(=O)Cc4ccccc4)CC3)sc2n1. The summed E-state index contributed by atoms with van der Waals surface area (Å²) in [4.78, 5) is 7.41. The molecular formula is C16H19N5O2S2. The summed E-state index contributed by atoms with van der Waals surface area (Å²) in [5.41, 5.74) is 1.77. The van der Waals surface area contributed by atoms with Crippen LogP contribution in [0.2, 0.25) is 0 Å². The third-order valence-electron chi connectivity index (χ3n) is 4.25. The second-order valence-electron chi connectivity index (χ2n) is 6.12. The number of piperazine rings is 1. The van der Waals surface area contributed by atoms with Gasteiger partial charge in [-0.15, -0.1) is 5.10 Å². The zero-order valence-electron chi connectivity index (χ0n) is 13.9. The molecule has 0 N–H and O–H groups in total. The minimum atomic E-state index is -3.29. The van der Waals surface area contributed by atoms with Crippen LogP contribution < -0.4 is 4.90 Å². The molecule has 1 saturated heterocycles. The van der Waals surface area contributed by atoms with E-state index in [0.717, 1.165) is 21.3 Å². The third-order valence-corrected chi connectivity index (χ3v) is 7.08. The second kappa shape index (κ2) is 6.40. The largest absolute Gasteiger partial charge is 0.344 e. The van der Waals surface area contributed by atoms with Crippen LogP contribution in [0.15, 0.2) is 36.5 Å². The van der Waals surface area contributed by atoms with E-state index in [0.29, 0.717) is 26.2 Å². The summed E-state index contributed by atoms with van der Waals surface area (Å²) in [6, 6.07) is 9.32. The predicted octanol–water partition coefficient (Wildman–Crippen LogP) is 1.75. The molecule has 0 radical (unpaired) electrons. The lowest BCUT2D eigenvalue weighted by molar-refractivity contribution is 0.384. The van der Waals surface area contributed by atoms with Gasteiger partial charge in [-0.25, -0.2) is 17.9 Å². The van der Waals surface area contributed by atoms with E-state index in [4.69, 9.17) is 0 Å². The molecule has 7 nitrogen and oxygen atoms in total. The highest BCUT2D eigenvalue weighted by molar-refractivity contribution is 7.88.